The summed E-state index contributed by atoms with van der Waals surface area (Å²) in [6, 6.07) is 9.51. The van der Waals surface area contributed by atoms with E-state index in [1.807, 2.05) is 0 Å². The van der Waals surface area contributed by atoms with Crippen molar-refractivity contribution in [3.8, 4) is 0 Å². The largest absolute Gasteiger partial charge is 0.427 e. The Labute approximate surface area is 127 Å². The second-order valence-corrected chi connectivity index (χ2v) is 4.86. The maximum absolute atomic E-state index is 12.4. The zero-order chi connectivity index (χ0) is 15.9. The summed E-state index contributed by atoms with van der Waals surface area (Å²) in [5.41, 5.74) is 0.172. The van der Waals surface area contributed by atoms with E-state index in [1.165, 1.54) is 36.4 Å². The Kier molecular flexibility index (Phi) is 3.26. The van der Waals surface area contributed by atoms with Gasteiger partial charge in [0.2, 0.25) is 0 Å². The summed E-state index contributed by atoms with van der Waals surface area (Å²) in [6.45, 7) is 0. The van der Waals surface area contributed by atoms with Crippen molar-refractivity contribution in [3.05, 3.63) is 73.7 Å². The third-order valence-electron chi connectivity index (χ3n) is 3.05. The lowest BCUT2D eigenvalue weighted by Gasteiger charge is -2.01. The number of rotatable bonds is 2. The molecule has 0 aliphatic carbocycles. The minimum atomic E-state index is -0.881. The van der Waals surface area contributed by atoms with Crippen LogP contribution >= 0.6 is 11.6 Å². The fourth-order valence-electron chi connectivity index (χ4n) is 2.07. The van der Waals surface area contributed by atoms with Crippen LogP contribution in [0.15, 0.2) is 51.7 Å². The first kappa shape index (κ1) is 14.0. The van der Waals surface area contributed by atoms with Crippen molar-refractivity contribution < 1.29 is 14.1 Å². The molecule has 0 amide bonds. The highest BCUT2D eigenvalue weighted by molar-refractivity contribution is 6.31. The number of non-ortho nitro benzene ring substituents is 1. The molecule has 0 radical (unpaired) electrons. The average molecular weight is 319 g/mol. The smallest absolute Gasteiger partial charge is 0.407 e. The van der Waals surface area contributed by atoms with Crippen LogP contribution in [-0.4, -0.2) is 15.4 Å². The van der Waals surface area contributed by atoms with Crippen LogP contribution < -0.4 is 5.76 Å². The van der Waals surface area contributed by atoms with Crippen LogP contribution in [0.3, 0.4) is 0 Å². The van der Waals surface area contributed by atoms with E-state index in [0.29, 0.717) is 5.02 Å². The number of carbonyl (C=O) groups is 1. The maximum Gasteiger partial charge on any atom is 0.427 e. The lowest BCUT2D eigenvalue weighted by Crippen LogP contribution is -2.23. The van der Waals surface area contributed by atoms with Gasteiger partial charge in [0.1, 0.15) is 0 Å². The van der Waals surface area contributed by atoms with Crippen LogP contribution in [0, 0.1) is 10.1 Å². The minimum Gasteiger partial charge on any atom is -0.407 e. The Morgan fingerprint density at radius 3 is 2.73 bits per heavy atom. The van der Waals surface area contributed by atoms with Gasteiger partial charge in [0, 0.05) is 28.8 Å². The molecule has 0 aliphatic heterocycles. The highest BCUT2D eigenvalue weighted by Crippen LogP contribution is 2.20. The van der Waals surface area contributed by atoms with E-state index in [0.717, 1.165) is 10.6 Å². The minimum absolute atomic E-state index is 0.00829. The number of nitro groups is 1. The summed E-state index contributed by atoms with van der Waals surface area (Å²) in [6.07, 6.45) is 0. The van der Waals surface area contributed by atoms with Crippen molar-refractivity contribution in [2.75, 3.05) is 0 Å². The van der Waals surface area contributed by atoms with Gasteiger partial charge in [0.15, 0.2) is 5.58 Å². The molecule has 0 unspecified atom stereocenters. The van der Waals surface area contributed by atoms with E-state index in [2.05, 4.69) is 0 Å². The Hall–Kier alpha value is -2.93. The van der Waals surface area contributed by atoms with Gasteiger partial charge in [-0.3, -0.25) is 14.9 Å². The number of carbonyl (C=O) groups excluding carboxylic acids is 1. The molecule has 1 heterocycles. The molecule has 0 saturated heterocycles. The van der Waals surface area contributed by atoms with Crippen molar-refractivity contribution in [1.82, 2.24) is 4.57 Å². The van der Waals surface area contributed by atoms with Crippen molar-refractivity contribution in [2.24, 2.45) is 0 Å². The first-order valence-corrected chi connectivity index (χ1v) is 6.45. The Balaban J connectivity index is 2.17. The third kappa shape index (κ3) is 2.27. The zero-order valence-electron chi connectivity index (χ0n) is 10.9. The predicted molar refractivity (Wildman–Crippen MR) is 78.3 cm³/mol. The molecule has 7 nitrogen and oxygen atoms in total. The van der Waals surface area contributed by atoms with Gasteiger partial charge in [0.05, 0.1) is 10.4 Å². The molecule has 0 spiro atoms. The van der Waals surface area contributed by atoms with Crippen molar-refractivity contribution >= 4 is 34.3 Å². The fourth-order valence-corrected chi connectivity index (χ4v) is 2.23. The van der Waals surface area contributed by atoms with E-state index >= 15 is 0 Å². The van der Waals surface area contributed by atoms with Crippen LogP contribution in [0.1, 0.15) is 10.4 Å². The van der Waals surface area contributed by atoms with Gasteiger partial charge in [-0.15, -0.1) is 0 Å². The molecule has 2 aromatic carbocycles. The van der Waals surface area contributed by atoms with Crippen LogP contribution in [0.5, 0.6) is 0 Å². The number of nitro benzene ring substituents is 1. The Morgan fingerprint density at radius 1 is 1.23 bits per heavy atom. The van der Waals surface area contributed by atoms with Gasteiger partial charge in [-0.2, -0.15) is 0 Å². The first-order chi connectivity index (χ1) is 10.5. The molecule has 0 bridgehead atoms. The third-order valence-corrected chi connectivity index (χ3v) is 3.28. The molecule has 0 aliphatic rings. The monoisotopic (exact) mass is 318 g/mol. The molecular weight excluding hydrogens is 312 g/mol. The number of nitrogens with zero attached hydrogens (tertiary/aromatic N) is 2. The van der Waals surface area contributed by atoms with Gasteiger partial charge >= 0.3 is 5.76 Å². The summed E-state index contributed by atoms with van der Waals surface area (Å²) in [7, 11) is 0. The van der Waals surface area contributed by atoms with Gasteiger partial charge in [-0.05, 0) is 18.2 Å². The molecule has 1 aromatic heterocycles. The standard InChI is InChI=1S/C14H7ClN2O5/c15-9-4-5-11-12(7-9)22-14(19)16(11)13(18)8-2-1-3-10(6-8)17(20)21/h1-7H. The molecule has 3 aromatic rings. The summed E-state index contributed by atoms with van der Waals surface area (Å²) in [4.78, 5) is 34.5. The lowest BCUT2D eigenvalue weighted by atomic mass is 10.2. The van der Waals surface area contributed by atoms with E-state index in [9.17, 15) is 19.7 Å². The van der Waals surface area contributed by atoms with Crippen LogP contribution in [0.4, 0.5) is 5.69 Å². The van der Waals surface area contributed by atoms with Gasteiger partial charge < -0.3 is 4.42 Å². The molecular formula is C14H7ClN2O5. The van der Waals surface area contributed by atoms with Gasteiger partial charge in [-0.1, -0.05) is 17.7 Å². The van der Waals surface area contributed by atoms with E-state index in [4.69, 9.17) is 16.0 Å². The number of halogens is 1. The summed E-state index contributed by atoms with van der Waals surface area (Å²) in [5.74, 6) is -1.59. The quantitative estimate of drug-likeness (QED) is 0.534. The first-order valence-electron chi connectivity index (χ1n) is 6.07. The molecule has 110 valence electrons. The number of fused-ring (bicyclic) bond motifs is 1. The fraction of sp³-hybridized carbons (Fsp3) is 0. The highest BCUT2D eigenvalue weighted by Gasteiger charge is 2.19. The second-order valence-electron chi connectivity index (χ2n) is 4.43. The highest BCUT2D eigenvalue weighted by atomic mass is 35.5. The molecule has 8 heteroatoms. The Bertz CT molecular complexity index is 973. The van der Waals surface area contributed by atoms with Crippen molar-refractivity contribution in [1.29, 1.82) is 0 Å². The van der Waals surface area contributed by atoms with Gasteiger partial charge in [-0.25, -0.2) is 9.36 Å². The van der Waals surface area contributed by atoms with E-state index in [-0.39, 0.29) is 22.4 Å². The van der Waals surface area contributed by atoms with Crippen LogP contribution in [0.25, 0.3) is 11.1 Å². The van der Waals surface area contributed by atoms with E-state index < -0.39 is 16.6 Å². The van der Waals surface area contributed by atoms with Crippen molar-refractivity contribution in [2.45, 2.75) is 0 Å². The molecule has 0 saturated carbocycles. The molecule has 0 atom stereocenters. The van der Waals surface area contributed by atoms with Gasteiger partial charge in [0.25, 0.3) is 11.6 Å². The Morgan fingerprint density at radius 2 is 2.00 bits per heavy atom. The normalized spacial score (nSPS) is 10.8. The molecule has 0 N–H and O–H groups in total. The molecule has 3 rings (SSSR count). The second kappa shape index (κ2) is 5.12. The molecule has 0 fully saturated rings. The zero-order valence-corrected chi connectivity index (χ0v) is 11.6. The number of hydrogen-bond acceptors (Lipinski definition) is 5. The topological polar surface area (TPSA) is 95.3 Å². The summed E-state index contributed by atoms with van der Waals surface area (Å²) < 4.78 is 5.78. The summed E-state index contributed by atoms with van der Waals surface area (Å²) >= 11 is 5.80. The lowest BCUT2D eigenvalue weighted by molar-refractivity contribution is -0.384. The molecule has 22 heavy (non-hydrogen) atoms. The SMILES string of the molecule is O=C(c1cccc([N+](=O)[O-])c1)n1c(=O)oc2cc(Cl)ccc21. The number of aromatic nitrogens is 1. The van der Waals surface area contributed by atoms with Crippen LogP contribution in [0.2, 0.25) is 5.02 Å². The number of benzene rings is 2. The van der Waals surface area contributed by atoms with E-state index in [1.54, 1.807) is 0 Å². The maximum atomic E-state index is 12.4. The van der Waals surface area contributed by atoms with Crippen molar-refractivity contribution in [3.63, 3.8) is 0 Å². The number of oxazole rings is 1. The van der Waals surface area contributed by atoms with Crippen LogP contribution in [-0.2, 0) is 0 Å². The summed E-state index contributed by atoms with van der Waals surface area (Å²) in [5, 5.41) is 11.1. The average Bonchev–Trinajstić information content (AvgIpc) is 2.81. The number of hydrogen-bond donors (Lipinski definition) is 0. The predicted octanol–water partition coefficient (Wildman–Crippen LogP) is 2.84.